The minimum atomic E-state index is 0.596. The standard InChI is InChI=1S/C16H27N3/c1-11-7-8-14(10-11)16-18-12(2)15(13(3)19-16)6-5-9-17-4/h11,14,17H,5-10H2,1-4H3. The molecule has 1 aliphatic rings. The van der Waals surface area contributed by atoms with Crippen LogP contribution in [0.5, 0.6) is 0 Å². The topological polar surface area (TPSA) is 37.8 Å². The molecule has 0 amide bonds. The maximum Gasteiger partial charge on any atom is 0.131 e. The van der Waals surface area contributed by atoms with Gasteiger partial charge in [-0.3, -0.25) is 0 Å². The molecule has 0 aliphatic heterocycles. The molecule has 1 heterocycles. The molecule has 1 fully saturated rings. The van der Waals surface area contributed by atoms with Crippen molar-refractivity contribution >= 4 is 0 Å². The molecule has 1 aliphatic carbocycles. The van der Waals surface area contributed by atoms with Gasteiger partial charge in [0.1, 0.15) is 5.82 Å². The maximum atomic E-state index is 4.80. The van der Waals surface area contributed by atoms with Crippen molar-refractivity contribution in [3.05, 3.63) is 22.8 Å². The summed E-state index contributed by atoms with van der Waals surface area (Å²) in [5.41, 5.74) is 3.74. The Hall–Kier alpha value is -0.960. The summed E-state index contributed by atoms with van der Waals surface area (Å²) >= 11 is 0. The van der Waals surface area contributed by atoms with Gasteiger partial charge in [0, 0.05) is 17.3 Å². The van der Waals surface area contributed by atoms with Crippen LogP contribution in [0, 0.1) is 19.8 Å². The van der Waals surface area contributed by atoms with E-state index in [1.807, 2.05) is 7.05 Å². The van der Waals surface area contributed by atoms with E-state index in [-0.39, 0.29) is 0 Å². The highest BCUT2D eigenvalue weighted by Crippen LogP contribution is 2.36. The van der Waals surface area contributed by atoms with Crippen LogP contribution >= 0.6 is 0 Å². The maximum absolute atomic E-state index is 4.80. The minimum Gasteiger partial charge on any atom is -0.320 e. The van der Waals surface area contributed by atoms with Gasteiger partial charge >= 0.3 is 0 Å². The van der Waals surface area contributed by atoms with Gasteiger partial charge in [0.05, 0.1) is 0 Å². The lowest BCUT2D eigenvalue weighted by atomic mass is 10.0. The monoisotopic (exact) mass is 261 g/mol. The third-order valence-electron chi connectivity index (χ3n) is 4.35. The van der Waals surface area contributed by atoms with E-state index in [2.05, 4.69) is 26.1 Å². The highest BCUT2D eigenvalue weighted by atomic mass is 14.9. The number of hydrogen-bond donors (Lipinski definition) is 1. The van der Waals surface area contributed by atoms with Crippen LogP contribution in [0.3, 0.4) is 0 Å². The van der Waals surface area contributed by atoms with E-state index in [9.17, 15) is 0 Å². The third kappa shape index (κ3) is 3.53. The second-order valence-electron chi connectivity index (χ2n) is 6.05. The van der Waals surface area contributed by atoms with Gasteiger partial charge in [0.15, 0.2) is 0 Å². The van der Waals surface area contributed by atoms with Gasteiger partial charge in [-0.1, -0.05) is 6.92 Å². The van der Waals surface area contributed by atoms with Gasteiger partial charge in [0.2, 0.25) is 0 Å². The van der Waals surface area contributed by atoms with E-state index < -0.39 is 0 Å². The first-order chi connectivity index (χ1) is 9.11. The Balaban J connectivity index is 2.12. The number of aromatic nitrogens is 2. The predicted octanol–water partition coefficient (Wildman–Crippen LogP) is 3.15. The molecule has 2 unspecified atom stereocenters. The van der Waals surface area contributed by atoms with Crippen molar-refractivity contribution in [1.29, 1.82) is 0 Å². The first kappa shape index (κ1) is 14.4. The second kappa shape index (κ2) is 6.47. The average Bonchev–Trinajstić information content (AvgIpc) is 2.79. The van der Waals surface area contributed by atoms with Gasteiger partial charge in [-0.05, 0) is 71.0 Å². The number of nitrogens with one attached hydrogen (secondary N) is 1. The Morgan fingerprint density at radius 2 is 1.84 bits per heavy atom. The molecule has 1 aromatic heterocycles. The fraction of sp³-hybridized carbons (Fsp3) is 0.750. The lowest BCUT2D eigenvalue weighted by Gasteiger charge is -2.14. The summed E-state index contributed by atoms with van der Waals surface area (Å²) in [7, 11) is 2.00. The smallest absolute Gasteiger partial charge is 0.131 e. The van der Waals surface area contributed by atoms with E-state index in [0.29, 0.717) is 5.92 Å². The van der Waals surface area contributed by atoms with Gasteiger partial charge < -0.3 is 5.32 Å². The Morgan fingerprint density at radius 1 is 1.16 bits per heavy atom. The normalized spacial score (nSPS) is 22.9. The molecular weight excluding hydrogens is 234 g/mol. The fourth-order valence-electron chi connectivity index (χ4n) is 3.19. The summed E-state index contributed by atoms with van der Waals surface area (Å²) < 4.78 is 0. The van der Waals surface area contributed by atoms with Crippen LogP contribution in [-0.4, -0.2) is 23.6 Å². The van der Waals surface area contributed by atoms with Crippen LogP contribution in [0.1, 0.15) is 61.3 Å². The van der Waals surface area contributed by atoms with Crippen molar-refractivity contribution in [3.8, 4) is 0 Å². The first-order valence-electron chi connectivity index (χ1n) is 7.60. The van der Waals surface area contributed by atoms with Gasteiger partial charge in [-0.15, -0.1) is 0 Å². The van der Waals surface area contributed by atoms with Crippen LogP contribution < -0.4 is 5.32 Å². The van der Waals surface area contributed by atoms with E-state index in [0.717, 1.165) is 31.1 Å². The van der Waals surface area contributed by atoms with Crippen molar-refractivity contribution in [2.75, 3.05) is 13.6 Å². The Morgan fingerprint density at radius 3 is 2.37 bits per heavy atom. The largest absolute Gasteiger partial charge is 0.320 e. The van der Waals surface area contributed by atoms with Gasteiger partial charge in [0.25, 0.3) is 0 Å². The molecule has 3 nitrogen and oxygen atoms in total. The minimum absolute atomic E-state index is 0.596. The van der Waals surface area contributed by atoms with E-state index in [1.54, 1.807) is 0 Å². The van der Waals surface area contributed by atoms with Crippen molar-refractivity contribution in [2.45, 2.75) is 58.8 Å². The van der Waals surface area contributed by atoms with Crippen LogP contribution in [0.2, 0.25) is 0 Å². The van der Waals surface area contributed by atoms with Crippen molar-refractivity contribution in [1.82, 2.24) is 15.3 Å². The molecule has 1 aromatic rings. The molecule has 1 N–H and O–H groups in total. The summed E-state index contributed by atoms with van der Waals surface area (Å²) in [5, 5.41) is 3.20. The van der Waals surface area contributed by atoms with E-state index in [4.69, 9.17) is 9.97 Å². The summed E-state index contributed by atoms with van der Waals surface area (Å²) in [6.45, 7) is 7.68. The van der Waals surface area contributed by atoms with Crippen molar-refractivity contribution < 1.29 is 0 Å². The zero-order valence-corrected chi connectivity index (χ0v) is 12.8. The zero-order chi connectivity index (χ0) is 13.8. The molecule has 0 aromatic carbocycles. The molecule has 0 saturated heterocycles. The van der Waals surface area contributed by atoms with Crippen molar-refractivity contribution in [3.63, 3.8) is 0 Å². The van der Waals surface area contributed by atoms with E-state index >= 15 is 0 Å². The molecule has 0 spiro atoms. The summed E-state index contributed by atoms with van der Waals surface area (Å²) in [5.74, 6) is 2.53. The van der Waals surface area contributed by atoms with Crippen LogP contribution in [0.25, 0.3) is 0 Å². The number of nitrogens with zero attached hydrogens (tertiary/aromatic N) is 2. The summed E-state index contributed by atoms with van der Waals surface area (Å²) in [6, 6.07) is 0. The Kier molecular flexibility index (Phi) is 4.92. The zero-order valence-electron chi connectivity index (χ0n) is 12.8. The average molecular weight is 261 g/mol. The van der Waals surface area contributed by atoms with E-state index in [1.165, 1.54) is 36.2 Å². The molecule has 106 valence electrons. The molecule has 0 bridgehead atoms. The van der Waals surface area contributed by atoms with Gasteiger partial charge in [-0.25, -0.2) is 9.97 Å². The predicted molar refractivity (Wildman–Crippen MR) is 79.5 cm³/mol. The molecule has 2 rings (SSSR count). The van der Waals surface area contributed by atoms with Crippen molar-refractivity contribution in [2.24, 2.45) is 5.92 Å². The summed E-state index contributed by atoms with van der Waals surface area (Å²) in [4.78, 5) is 9.60. The van der Waals surface area contributed by atoms with Crippen LogP contribution in [-0.2, 0) is 6.42 Å². The highest BCUT2D eigenvalue weighted by Gasteiger charge is 2.25. The molecule has 2 atom stereocenters. The highest BCUT2D eigenvalue weighted by molar-refractivity contribution is 5.25. The van der Waals surface area contributed by atoms with Crippen LogP contribution in [0.15, 0.2) is 0 Å². The third-order valence-corrected chi connectivity index (χ3v) is 4.35. The number of hydrogen-bond acceptors (Lipinski definition) is 3. The number of aryl methyl sites for hydroxylation is 2. The van der Waals surface area contributed by atoms with Crippen LogP contribution in [0.4, 0.5) is 0 Å². The fourth-order valence-corrected chi connectivity index (χ4v) is 3.19. The number of rotatable bonds is 5. The first-order valence-corrected chi connectivity index (χ1v) is 7.60. The molecule has 1 saturated carbocycles. The SMILES string of the molecule is CNCCCc1c(C)nc(C2CCC(C)C2)nc1C. The quantitative estimate of drug-likeness (QED) is 0.827. The molecule has 0 radical (unpaired) electrons. The lowest BCUT2D eigenvalue weighted by molar-refractivity contribution is 0.582. The molecule has 3 heteroatoms. The second-order valence-corrected chi connectivity index (χ2v) is 6.05. The van der Waals surface area contributed by atoms with Gasteiger partial charge in [-0.2, -0.15) is 0 Å². The Labute approximate surface area is 117 Å². The molecular formula is C16H27N3. The lowest BCUT2D eigenvalue weighted by Crippen LogP contribution is -2.12. The summed E-state index contributed by atoms with van der Waals surface area (Å²) in [6.07, 6.45) is 6.09. The Bertz CT molecular complexity index is 405. The molecule has 19 heavy (non-hydrogen) atoms.